The van der Waals surface area contributed by atoms with Crippen molar-refractivity contribution in [3.8, 4) is 0 Å². The van der Waals surface area contributed by atoms with Crippen LogP contribution in [0.2, 0.25) is 25.7 Å². The maximum Gasteiger partial charge on any atom is 0.480 e. The molecule has 1 atom stereocenters. The summed E-state index contributed by atoms with van der Waals surface area (Å²) in [5, 5.41) is 24.3. The van der Waals surface area contributed by atoms with Crippen LogP contribution in [0.1, 0.15) is 38.0 Å². The quantitative estimate of drug-likeness (QED) is 0.563. The number of nitrogens with zero attached hydrogens (tertiary/aromatic N) is 3. The van der Waals surface area contributed by atoms with Gasteiger partial charge in [0.1, 0.15) is 12.3 Å². The van der Waals surface area contributed by atoms with Gasteiger partial charge in [0.25, 0.3) is 0 Å². The lowest BCUT2D eigenvalue weighted by atomic mass is 9.72. The van der Waals surface area contributed by atoms with Crippen molar-refractivity contribution in [2.24, 2.45) is 0 Å². The van der Waals surface area contributed by atoms with E-state index < -0.39 is 32.8 Å². The summed E-state index contributed by atoms with van der Waals surface area (Å²) < 4.78 is 12.8. The van der Waals surface area contributed by atoms with Gasteiger partial charge in [-0.3, -0.25) is 0 Å². The molecule has 2 N–H and O–H groups in total. The number of hydrogen-bond acceptors (Lipinski definition) is 6. The maximum absolute atomic E-state index is 12.5. The minimum atomic E-state index is -1.72. The molecule has 27 heavy (non-hydrogen) atoms. The molecular weight excluding hydrogens is 365 g/mol. The second-order valence-electron chi connectivity index (χ2n) is 9.20. The highest BCUT2D eigenvalue weighted by Crippen LogP contribution is 2.31. The average Bonchev–Trinajstić information content (AvgIpc) is 2.90. The van der Waals surface area contributed by atoms with Gasteiger partial charge in [-0.15, -0.1) is 0 Å². The Hall–Kier alpha value is -1.36. The van der Waals surface area contributed by atoms with Gasteiger partial charge in [-0.2, -0.15) is 5.10 Å². The Labute approximate surface area is 162 Å². The van der Waals surface area contributed by atoms with Crippen molar-refractivity contribution in [3.05, 3.63) is 17.5 Å². The van der Waals surface area contributed by atoms with Crippen LogP contribution in [0, 0.1) is 0 Å². The van der Waals surface area contributed by atoms with Crippen LogP contribution in [0.4, 0.5) is 4.79 Å². The number of hydrogen-bond donors (Lipinski definition) is 2. The van der Waals surface area contributed by atoms with Crippen LogP contribution in [0.25, 0.3) is 0 Å². The summed E-state index contributed by atoms with van der Waals surface area (Å²) in [6.45, 7) is 13.5. The molecular formula is C17H32BN3O5Si. The first-order valence-corrected chi connectivity index (χ1v) is 13.1. The zero-order valence-electron chi connectivity index (χ0n) is 17.2. The van der Waals surface area contributed by atoms with E-state index in [9.17, 15) is 14.8 Å². The second kappa shape index (κ2) is 8.34. The van der Waals surface area contributed by atoms with Crippen molar-refractivity contribution in [3.63, 3.8) is 0 Å². The molecule has 2 rings (SSSR count). The highest BCUT2D eigenvalue weighted by molar-refractivity contribution is 6.76. The molecule has 0 bridgehead atoms. The van der Waals surface area contributed by atoms with Crippen molar-refractivity contribution in [1.82, 2.24) is 14.7 Å². The van der Waals surface area contributed by atoms with Crippen molar-refractivity contribution in [2.45, 2.75) is 71.2 Å². The van der Waals surface area contributed by atoms with Gasteiger partial charge in [-0.1, -0.05) is 19.6 Å². The molecule has 10 heteroatoms. The number of amides is 1. The number of aromatic nitrogens is 2. The summed E-state index contributed by atoms with van der Waals surface area (Å²) in [6.07, 6.45) is 1.69. The van der Waals surface area contributed by atoms with Crippen molar-refractivity contribution >= 4 is 21.3 Å². The van der Waals surface area contributed by atoms with Gasteiger partial charge in [0.15, 0.2) is 0 Å². The molecule has 0 saturated carbocycles. The van der Waals surface area contributed by atoms with E-state index in [0.29, 0.717) is 31.9 Å². The Morgan fingerprint density at radius 2 is 2.04 bits per heavy atom. The molecule has 1 aliphatic heterocycles. The summed E-state index contributed by atoms with van der Waals surface area (Å²) in [5.74, 6) is -0.903. The molecule has 1 aromatic rings. The highest BCUT2D eigenvalue weighted by atomic mass is 28.3. The summed E-state index contributed by atoms with van der Waals surface area (Å²) in [4.78, 5) is 13.8. The fourth-order valence-corrected chi connectivity index (χ4v) is 3.66. The van der Waals surface area contributed by atoms with E-state index in [0.717, 1.165) is 11.7 Å². The summed E-state index contributed by atoms with van der Waals surface area (Å²) in [7, 11) is -2.87. The van der Waals surface area contributed by atoms with Gasteiger partial charge in [-0.05, 0) is 26.8 Å². The number of ether oxygens (including phenoxy) is 2. The molecule has 0 radical (unpaired) electrons. The van der Waals surface area contributed by atoms with E-state index in [-0.39, 0.29) is 0 Å². The Morgan fingerprint density at radius 3 is 2.59 bits per heavy atom. The predicted octanol–water partition coefficient (Wildman–Crippen LogP) is 2.04. The summed E-state index contributed by atoms with van der Waals surface area (Å²) >= 11 is 0. The minimum absolute atomic E-state index is 0.304. The normalized spacial score (nSPS) is 17.6. The fourth-order valence-electron chi connectivity index (χ4n) is 2.90. The zero-order chi connectivity index (χ0) is 20.4. The first-order valence-electron chi connectivity index (χ1n) is 9.37. The summed E-state index contributed by atoms with van der Waals surface area (Å²) in [5.41, 5.74) is 0.717. The lowest BCUT2D eigenvalue weighted by Crippen LogP contribution is -2.48. The fraction of sp³-hybridized carbons (Fsp3) is 0.765. The molecule has 1 unspecified atom stereocenters. The zero-order valence-corrected chi connectivity index (χ0v) is 18.2. The van der Waals surface area contributed by atoms with E-state index >= 15 is 0 Å². The molecule has 1 aromatic heterocycles. The van der Waals surface area contributed by atoms with Gasteiger partial charge < -0.3 is 24.4 Å². The standard InChI is InChI=1S/C17H32BN3O5Si/c1-17(2,3)26-16(22)21-8-7-14-13(15(21)18(23)24)11-20(19-14)12-25-9-10-27(4,5)6/h11,15,23-24H,7-10,12H2,1-6H3. The van der Waals surface area contributed by atoms with E-state index in [2.05, 4.69) is 24.7 Å². The molecule has 2 heterocycles. The second-order valence-corrected chi connectivity index (χ2v) is 14.8. The summed E-state index contributed by atoms with van der Waals surface area (Å²) in [6, 6.07) is 1.07. The third-order valence-electron chi connectivity index (χ3n) is 4.24. The van der Waals surface area contributed by atoms with Crippen molar-refractivity contribution < 1.29 is 24.3 Å². The molecule has 8 nitrogen and oxygen atoms in total. The molecule has 0 aromatic carbocycles. The van der Waals surface area contributed by atoms with E-state index in [1.165, 1.54) is 4.90 Å². The Balaban J connectivity index is 2.09. The van der Waals surface area contributed by atoms with Crippen LogP contribution < -0.4 is 0 Å². The smallest absolute Gasteiger partial charge is 0.444 e. The third kappa shape index (κ3) is 6.34. The highest BCUT2D eigenvalue weighted by Gasteiger charge is 2.41. The van der Waals surface area contributed by atoms with Gasteiger partial charge in [0.2, 0.25) is 0 Å². The average molecular weight is 397 g/mol. The SMILES string of the molecule is CC(C)(C)OC(=O)N1CCc2nn(COCC[Si](C)(C)C)cc2C1B(O)O. The van der Waals surface area contributed by atoms with Crippen LogP contribution in [0.3, 0.4) is 0 Å². The molecule has 1 aliphatic rings. The topological polar surface area (TPSA) is 97.1 Å². The molecule has 0 spiro atoms. The maximum atomic E-state index is 12.5. The van der Waals surface area contributed by atoms with Crippen LogP contribution in [-0.2, 0) is 22.6 Å². The van der Waals surface area contributed by atoms with Gasteiger partial charge in [0.05, 0.1) is 11.6 Å². The molecule has 0 saturated heterocycles. The number of carbonyl (C=O) groups excluding carboxylic acids is 1. The van der Waals surface area contributed by atoms with Gasteiger partial charge in [-0.25, -0.2) is 9.48 Å². The number of fused-ring (bicyclic) bond motifs is 1. The Bertz CT molecular complexity index is 654. The Kier molecular flexibility index (Phi) is 6.77. The molecule has 1 amide bonds. The van der Waals surface area contributed by atoms with Gasteiger partial charge >= 0.3 is 13.2 Å². The Morgan fingerprint density at radius 1 is 1.37 bits per heavy atom. The van der Waals surface area contributed by atoms with E-state index in [4.69, 9.17) is 9.47 Å². The van der Waals surface area contributed by atoms with E-state index in [1.54, 1.807) is 31.6 Å². The number of rotatable bonds is 6. The molecule has 0 aliphatic carbocycles. The molecule has 0 fully saturated rings. The first-order chi connectivity index (χ1) is 12.4. The largest absolute Gasteiger partial charge is 0.480 e. The lowest BCUT2D eigenvalue weighted by molar-refractivity contribution is 0.0180. The lowest BCUT2D eigenvalue weighted by Gasteiger charge is -2.35. The monoisotopic (exact) mass is 397 g/mol. The predicted molar refractivity (Wildman–Crippen MR) is 106 cm³/mol. The van der Waals surface area contributed by atoms with Crippen LogP contribution in [0.15, 0.2) is 6.20 Å². The van der Waals surface area contributed by atoms with Crippen molar-refractivity contribution in [2.75, 3.05) is 13.2 Å². The molecule has 152 valence electrons. The van der Waals surface area contributed by atoms with Crippen LogP contribution in [0.5, 0.6) is 0 Å². The van der Waals surface area contributed by atoms with Crippen molar-refractivity contribution in [1.29, 1.82) is 0 Å². The minimum Gasteiger partial charge on any atom is -0.444 e. The van der Waals surface area contributed by atoms with Crippen LogP contribution >= 0.6 is 0 Å². The van der Waals surface area contributed by atoms with E-state index in [1.807, 2.05) is 0 Å². The van der Waals surface area contributed by atoms with Crippen LogP contribution in [-0.4, -0.2) is 64.8 Å². The third-order valence-corrected chi connectivity index (χ3v) is 5.95. The first kappa shape index (κ1) is 21.9. The number of carbonyl (C=O) groups is 1. The van der Waals surface area contributed by atoms with Gasteiger partial charge in [0, 0.05) is 39.4 Å².